The van der Waals surface area contributed by atoms with Gasteiger partial charge in [-0.05, 0) is 30.4 Å². The standard InChI is InChI=1S/C21H17Cl2N3O2/c22-14-10-17(23)15-4-5-21(28-18(15)11-14)6-8-26(9-7-21)20(27)16-3-1-2-13-12-24-25-19(13)16/h1-5,10-12H,6-9H2,(H,24,25). The first-order valence-corrected chi connectivity index (χ1v) is 9.89. The highest BCUT2D eigenvalue weighted by molar-refractivity contribution is 6.36. The number of nitrogens with zero attached hydrogens (tertiary/aromatic N) is 2. The minimum atomic E-state index is -0.433. The Morgan fingerprint density at radius 3 is 2.86 bits per heavy atom. The molecule has 1 spiro atoms. The molecule has 1 saturated heterocycles. The van der Waals surface area contributed by atoms with Crippen LogP contribution in [0.5, 0.6) is 5.75 Å². The van der Waals surface area contributed by atoms with Crippen LogP contribution in [0.3, 0.4) is 0 Å². The van der Waals surface area contributed by atoms with E-state index in [0.29, 0.717) is 47.3 Å². The number of hydrogen-bond acceptors (Lipinski definition) is 3. The van der Waals surface area contributed by atoms with Crippen molar-refractivity contribution >= 4 is 46.1 Å². The molecule has 0 saturated carbocycles. The number of para-hydroxylation sites is 1. The molecule has 0 atom stereocenters. The minimum Gasteiger partial charge on any atom is -0.482 e. The molecule has 2 aliphatic rings. The number of aromatic nitrogens is 2. The van der Waals surface area contributed by atoms with Crippen molar-refractivity contribution in [1.29, 1.82) is 0 Å². The van der Waals surface area contributed by atoms with Crippen molar-refractivity contribution in [3.8, 4) is 5.75 Å². The van der Waals surface area contributed by atoms with Gasteiger partial charge in [0.25, 0.3) is 5.91 Å². The molecule has 5 rings (SSSR count). The Morgan fingerprint density at radius 2 is 2.04 bits per heavy atom. The van der Waals surface area contributed by atoms with Crippen molar-refractivity contribution < 1.29 is 9.53 Å². The lowest BCUT2D eigenvalue weighted by atomic mass is 9.87. The zero-order chi connectivity index (χ0) is 19.3. The Bertz CT molecular complexity index is 1110. The van der Waals surface area contributed by atoms with Gasteiger partial charge in [0, 0.05) is 41.9 Å². The monoisotopic (exact) mass is 413 g/mol. The summed E-state index contributed by atoms with van der Waals surface area (Å²) in [6.45, 7) is 1.22. The number of nitrogens with one attached hydrogen (secondary N) is 1. The third-order valence-electron chi connectivity index (χ3n) is 5.53. The molecule has 7 heteroatoms. The molecule has 0 radical (unpaired) electrons. The van der Waals surface area contributed by atoms with E-state index in [4.69, 9.17) is 27.9 Å². The van der Waals surface area contributed by atoms with Crippen molar-refractivity contribution in [3.05, 3.63) is 63.8 Å². The highest BCUT2D eigenvalue weighted by Crippen LogP contribution is 2.41. The fraction of sp³-hybridized carbons (Fsp3) is 0.238. The van der Waals surface area contributed by atoms with Crippen LogP contribution in [-0.2, 0) is 0 Å². The predicted octanol–water partition coefficient (Wildman–Crippen LogP) is 4.95. The molecule has 1 N–H and O–H groups in total. The Hall–Kier alpha value is -2.50. The first-order chi connectivity index (χ1) is 13.5. The number of piperidine rings is 1. The summed E-state index contributed by atoms with van der Waals surface area (Å²) in [5.74, 6) is 0.706. The molecule has 142 valence electrons. The molecular formula is C21H17Cl2N3O2. The van der Waals surface area contributed by atoms with Crippen LogP contribution < -0.4 is 4.74 Å². The van der Waals surface area contributed by atoms with Gasteiger partial charge in [0.1, 0.15) is 11.4 Å². The van der Waals surface area contributed by atoms with Crippen molar-refractivity contribution in [3.63, 3.8) is 0 Å². The van der Waals surface area contributed by atoms with Gasteiger partial charge in [-0.2, -0.15) is 5.10 Å². The summed E-state index contributed by atoms with van der Waals surface area (Å²) in [7, 11) is 0. The lowest BCUT2D eigenvalue weighted by molar-refractivity contribution is 0.0330. The SMILES string of the molecule is O=C(c1cccc2cn[nH]c12)N1CCC2(C=Cc3c(Cl)cc(Cl)cc3O2)CC1. The van der Waals surface area contributed by atoms with Crippen molar-refractivity contribution in [2.75, 3.05) is 13.1 Å². The molecule has 3 heterocycles. The molecule has 1 fully saturated rings. The van der Waals surface area contributed by atoms with Crippen LogP contribution in [0.25, 0.3) is 17.0 Å². The van der Waals surface area contributed by atoms with Crippen LogP contribution >= 0.6 is 23.2 Å². The number of amides is 1. The first-order valence-electron chi connectivity index (χ1n) is 9.13. The van der Waals surface area contributed by atoms with Crippen LogP contribution in [0, 0.1) is 0 Å². The Balaban J connectivity index is 1.36. The van der Waals surface area contributed by atoms with Crippen molar-refractivity contribution in [1.82, 2.24) is 15.1 Å². The zero-order valence-electron chi connectivity index (χ0n) is 14.9. The summed E-state index contributed by atoms with van der Waals surface area (Å²) in [5.41, 5.74) is 1.84. The molecular weight excluding hydrogens is 397 g/mol. The van der Waals surface area contributed by atoms with Crippen LogP contribution in [0.4, 0.5) is 0 Å². The molecule has 0 aliphatic carbocycles. The fourth-order valence-electron chi connectivity index (χ4n) is 3.97. The molecule has 3 aromatic rings. The van der Waals surface area contributed by atoms with Gasteiger partial charge in [-0.25, -0.2) is 0 Å². The van der Waals surface area contributed by atoms with Crippen LogP contribution in [0.15, 0.2) is 42.6 Å². The second kappa shape index (κ2) is 6.54. The number of rotatable bonds is 1. The molecule has 2 aromatic carbocycles. The average molecular weight is 414 g/mol. The molecule has 0 unspecified atom stereocenters. The molecule has 28 heavy (non-hydrogen) atoms. The topological polar surface area (TPSA) is 58.2 Å². The summed E-state index contributed by atoms with van der Waals surface area (Å²) in [6, 6.07) is 9.17. The number of halogens is 2. The van der Waals surface area contributed by atoms with Gasteiger partial charge in [-0.15, -0.1) is 0 Å². The lowest BCUT2D eigenvalue weighted by Gasteiger charge is -2.42. The van der Waals surface area contributed by atoms with Crippen LogP contribution in [0.2, 0.25) is 10.0 Å². The molecule has 1 amide bonds. The quantitative estimate of drug-likeness (QED) is 0.613. The van der Waals surface area contributed by atoms with Crippen LogP contribution in [-0.4, -0.2) is 39.7 Å². The normalized spacial score (nSPS) is 17.6. The number of likely N-dealkylation sites (tertiary alicyclic amines) is 1. The Morgan fingerprint density at radius 1 is 1.21 bits per heavy atom. The first kappa shape index (κ1) is 17.6. The third kappa shape index (κ3) is 2.86. The summed E-state index contributed by atoms with van der Waals surface area (Å²) in [5, 5.41) is 9.04. The lowest BCUT2D eigenvalue weighted by Crippen LogP contribution is -2.49. The van der Waals surface area contributed by atoms with E-state index in [0.717, 1.165) is 16.5 Å². The number of benzene rings is 2. The summed E-state index contributed by atoms with van der Waals surface area (Å²) in [4.78, 5) is 14.9. The van der Waals surface area contributed by atoms with Gasteiger partial charge >= 0.3 is 0 Å². The van der Waals surface area contributed by atoms with Crippen molar-refractivity contribution in [2.45, 2.75) is 18.4 Å². The summed E-state index contributed by atoms with van der Waals surface area (Å²) < 4.78 is 6.30. The second-order valence-corrected chi connectivity index (χ2v) is 8.08. The fourth-order valence-corrected chi connectivity index (χ4v) is 4.51. The highest BCUT2D eigenvalue weighted by atomic mass is 35.5. The van der Waals surface area contributed by atoms with E-state index in [1.54, 1.807) is 18.3 Å². The predicted molar refractivity (Wildman–Crippen MR) is 110 cm³/mol. The highest BCUT2D eigenvalue weighted by Gasteiger charge is 2.38. The number of fused-ring (bicyclic) bond motifs is 2. The van der Waals surface area contributed by atoms with Crippen molar-refractivity contribution in [2.24, 2.45) is 0 Å². The van der Waals surface area contributed by atoms with E-state index in [1.807, 2.05) is 29.2 Å². The van der Waals surface area contributed by atoms with Gasteiger partial charge in [-0.1, -0.05) is 35.3 Å². The second-order valence-electron chi connectivity index (χ2n) is 7.23. The van der Waals surface area contributed by atoms with Crippen LogP contribution in [0.1, 0.15) is 28.8 Å². The number of carbonyl (C=O) groups excluding carboxylic acids is 1. The van der Waals surface area contributed by atoms with E-state index < -0.39 is 5.60 Å². The Kier molecular flexibility index (Phi) is 4.11. The van der Waals surface area contributed by atoms with Gasteiger partial charge in [0.2, 0.25) is 0 Å². The van der Waals surface area contributed by atoms with Gasteiger partial charge < -0.3 is 9.64 Å². The van der Waals surface area contributed by atoms with Gasteiger partial charge in [-0.3, -0.25) is 9.89 Å². The summed E-state index contributed by atoms with van der Waals surface area (Å²) >= 11 is 12.4. The molecule has 2 aliphatic heterocycles. The number of carbonyl (C=O) groups is 1. The maximum absolute atomic E-state index is 13.1. The van der Waals surface area contributed by atoms with E-state index in [2.05, 4.69) is 16.3 Å². The zero-order valence-corrected chi connectivity index (χ0v) is 16.4. The number of H-pyrrole nitrogens is 1. The molecule has 1 aromatic heterocycles. The van der Waals surface area contributed by atoms with Gasteiger partial charge in [0.15, 0.2) is 0 Å². The number of aromatic amines is 1. The number of hydrogen-bond donors (Lipinski definition) is 1. The maximum atomic E-state index is 13.1. The molecule has 0 bridgehead atoms. The maximum Gasteiger partial charge on any atom is 0.256 e. The average Bonchev–Trinajstić information content (AvgIpc) is 3.16. The molecule has 5 nitrogen and oxygen atoms in total. The van der Waals surface area contributed by atoms with E-state index in [-0.39, 0.29) is 5.91 Å². The van der Waals surface area contributed by atoms with Gasteiger partial charge in [0.05, 0.1) is 22.3 Å². The third-order valence-corrected chi connectivity index (χ3v) is 6.06. The minimum absolute atomic E-state index is 0.0102. The smallest absolute Gasteiger partial charge is 0.256 e. The summed E-state index contributed by atoms with van der Waals surface area (Å²) in [6.07, 6.45) is 7.20. The number of ether oxygens (including phenoxy) is 1. The van der Waals surface area contributed by atoms with E-state index in [9.17, 15) is 4.79 Å². The van der Waals surface area contributed by atoms with E-state index in [1.165, 1.54) is 0 Å². The Labute approximate surface area is 171 Å². The largest absolute Gasteiger partial charge is 0.482 e. The van der Waals surface area contributed by atoms with E-state index >= 15 is 0 Å².